The van der Waals surface area contributed by atoms with Crippen molar-refractivity contribution in [2.45, 2.75) is 12.0 Å². The molecule has 1 saturated carbocycles. The van der Waals surface area contributed by atoms with Crippen molar-refractivity contribution in [3.05, 3.63) is 149 Å². The molecule has 1 aliphatic carbocycles. The first-order valence-electron chi connectivity index (χ1n) is 10.9. The second kappa shape index (κ2) is 8.37. The van der Waals surface area contributed by atoms with Crippen LogP contribution in [0.3, 0.4) is 0 Å². The van der Waals surface area contributed by atoms with Crippen LogP contribution < -0.4 is 0 Å². The molecule has 4 aromatic rings. The predicted octanol–water partition coefficient (Wildman–Crippen LogP) is 6.49. The van der Waals surface area contributed by atoms with Crippen LogP contribution in [0.15, 0.2) is 127 Å². The van der Waals surface area contributed by atoms with Gasteiger partial charge in [-0.25, -0.2) is 0 Å². The highest BCUT2D eigenvalue weighted by Crippen LogP contribution is 2.60. The van der Waals surface area contributed by atoms with Crippen LogP contribution in [0, 0.1) is 11.8 Å². The van der Waals surface area contributed by atoms with Gasteiger partial charge in [0.15, 0.2) is 0 Å². The zero-order valence-electron chi connectivity index (χ0n) is 17.4. The maximum absolute atomic E-state index is 12.3. The van der Waals surface area contributed by atoms with Crippen LogP contribution in [0.2, 0.25) is 0 Å². The average Bonchev–Trinajstić information content (AvgIpc) is 3.52. The summed E-state index contributed by atoms with van der Waals surface area (Å²) in [5.74, 6) is 0.311. The van der Waals surface area contributed by atoms with Crippen molar-refractivity contribution in [2.24, 2.45) is 11.8 Å². The molecule has 0 spiro atoms. The van der Waals surface area contributed by atoms with E-state index in [-0.39, 0.29) is 11.8 Å². The fourth-order valence-electron chi connectivity index (χ4n) is 4.82. The molecule has 0 radical (unpaired) electrons. The summed E-state index contributed by atoms with van der Waals surface area (Å²) < 4.78 is 0. The standard InChI is InChI=1S/C30H26O/c31-30(25-17-9-3-10-18-25,26-19-11-4-12-20-26)29-27(21-23-13-5-1-6-14-23)28(29)22-24-15-7-2-8-16-24/h1-21,28-29,31H,22H2/b27-21-/t28-,29-/m1/s1. The first kappa shape index (κ1) is 19.5. The number of hydrogen-bond acceptors (Lipinski definition) is 1. The normalized spacial score (nSPS) is 19.3. The van der Waals surface area contributed by atoms with Gasteiger partial charge in [-0.15, -0.1) is 0 Å². The van der Waals surface area contributed by atoms with Gasteiger partial charge >= 0.3 is 0 Å². The molecule has 0 heterocycles. The first-order valence-corrected chi connectivity index (χ1v) is 10.9. The van der Waals surface area contributed by atoms with Crippen LogP contribution in [0.1, 0.15) is 22.3 Å². The van der Waals surface area contributed by atoms with E-state index < -0.39 is 5.60 Å². The maximum Gasteiger partial charge on any atom is 0.122 e. The summed E-state index contributed by atoms with van der Waals surface area (Å²) in [5, 5.41) is 12.3. The fourth-order valence-corrected chi connectivity index (χ4v) is 4.82. The summed E-state index contributed by atoms with van der Waals surface area (Å²) in [5.41, 5.74) is 4.62. The van der Waals surface area contributed by atoms with Crippen molar-refractivity contribution in [1.82, 2.24) is 0 Å². The Hall–Kier alpha value is -3.42. The number of benzene rings is 4. The minimum absolute atomic E-state index is 0.0257. The molecule has 1 aliphatic rings. The van der Waals surface area contributed by atoms with E-state index in [0.717, 1.165) is 17.5 Å². The highest BCUT2D eigenvalue weighted by molar-refractivity contribution is 5.62. The first-order chi connectivity index (χ1) is 15.3. The molecule has 1 N–H and O–H groups in total. The van der Waals surface area contributed by atoms with Gasteiger partial charge in [-0.05, 0) is 34.6 Å². The molecule has 0 saturated heterocycles. The lowest BCUT2D eigenvalue weighted by atomic mass is 9.80. The second-order valence-electron chi connectivity index (χ2n) is 8.33. The Labute approximate surface area is 184 Å². The average molecular weight is 403 g/mol. The van der Waals surface area contributed by atoms with Gasteiger partial charge in [-0.1, -0.05) is 133 Å². The molecule has 5 rings (SSSR count). The van der Waals surface area contributed by atoms with Gasteiger partial charge in [0.2, 0.25) is 0 Å². The van der Waals surface area contributed by atoms with Gasteiger partial charge in [0.1, 0.15) is 5.60 Å². The molecule has 0 aromatic heterocycles. The lowest BCUT2D eigenvalue weighted by Gasteiger charge is -2.30. The van der Waals surface area contributed by atoms with E-state index in [9.17, 15) is 5.11 Å². The zero-order chi connectivity index (χ0) is 21.1. The minimum atomic E-state index is -1.07. The lowest BCUT2D eigenvalue weighted by molar-refractivity contribution is 0.0541. The Bertz CT molecular complexity index is 1110. The largest absolute Gasteiger partial charge is 0.380 e. The predicted molar refractivity (Wildman–Crippen MR) is 127 cm³/mol. The number of hydrogen-bond donors (Lipinski definition) is 1. The molecule has 1 fully saturated rings. The van der Waals surface area contributed by atoms with Crippen LogP contribution in [-0.4, -0.2) is 5.11 Å². The summed E-state index contributed by atoms with van der Waals surface area (Å²) in [7, 11) is 0. The quantitative estimate of drug-likeness (QED) is 0.390. The van der Waals surface area contributed by atoms with E-state index in [1.807, 2.05) is 66.7 Å². The van der Waals surface area contributed by atoms with Crippen LogP contribution >= 0.6 is 0 Å². The molecule has 2 atom stereocenters. The molecule has 0 amide bonds. The fraction of sp³-hybridized carbons (Fsp3) is 0.133. The van der Waals surface area contributed by atoms with Gasteiger partial charge in [-0.3, -0.25) is 0 Å². The Morgan fingerprint density at radius 2 is 1.06 bits per heavy atom. The van der Waals surface area contributed by atoms with E-state index in [0.29, 0.717) is 0 Å². The van der Waals surface area contributed by atoms with Crippen LogP contribution in [0.4, 0.5) is 0 Å². The number of rotatable bonds is 6. The number of aliphatic hydroxyl groups is 1. The van der Waals surface area contributed by atoms with Gasteiger partial charge < -0.3 is 5.11 Å². The molecule has 152 valence electrons. The van der Waals surface area contributed by atoms with Crippen molar-refractivity contribution in [3.8, 4) is 0 Å². The Kier molecular flexibility index (Phi) is 5.28. The van der Waals surface area contributed by atoms with E-state index in [1.165, 1.54) is 16.7 Å². The van der Waals surface area contributed by atoms with E-state index >= 15 is 0 Å². The Morgan fingerprint density at radius 1 is 0.613 bits per heavy atom. The van der Waals surface area contributed by atoms with Gasteiger partial charge in [0.05, 0.1) is 0 Å². The van der Waals surface area contributed by atoms with E-state index in [1.54, 1.807) is 0 Å². The van der Waals surface area contributed by atoms with Crippen molar-refractivity contribution in [3.63, 3.8) is 0 Å². The van der Waals surface area contributed by atoms with Crippen LogP contribution in [0.5, 0.6) is 0 Å². The van der Waals surface area contributed by atoms with Gasteiger partial charge in [0.25, 0.3) is 0 Å². The highest BCUT2D eigenvalue weighted by Gasteiger charge is 2.57. The summed E-state index contributed by atoms with van der Waals surface area (Å²) >= 11 is 0. The van der Waals surface area contributed by atoms with E-state index in [4.69, 9.17) is 0 Å². The topological polar surface area (TPSA) is 20.2 Å². The zero-order valence-corrected chi connectivity index (χ0v) is 17.4. The van der Waals surface area contributed by atoms with Crippen LogP contribution in [0.25, 0.3) is 6.08 Å². The molecule has 31 heavy (non-hydrogen) atoms. The van der Waals surface area contributed by atoms with E-state index in [2.05, 4.69) is 60.7 Å². The molecule has 1 heteroatoms. The van der Waals surface area contributed by atoms with Crippen molar-refractivity contribution >= 4 is 6.08 Å². The third-order valence-electron chi connectivity index (χ3n) is 6.39. The summed E-state index contributed by atoms with van der Waals surface area (Å²) in [4.78, 5) is 0. The molecular formula is C30H26O. The van der Waals surface area contributed by atoms with Gasteiger partial charge in [0, 0.05) is 5.92 Å². The van der Waals surface area contributed by atoms with Crippen molar-refractivity contribution < 1.29 is 5.11 Å². The smallest absolute Gasteiger partial charge is 0.122 e. The van der Waals surface area contributed by atoms with Gasteiger partial charge in [-0.2, -0.15) is 0 Å². The molecule has 0 unspecified atom stereocenters. The molecule has 0 bridgehead atoms. The molecule has 4 aromatic carbocycles. The minimum Gasteiger partial charge on any atom is -0.380 e. The maximum atomic E-state index is 12.3. The van der Waals surface area contributed by atoms with Crippen molar-refractivity contribution in [1.29, 1.82) is 0 Å². The summed E-state index contributed by atoms with van der Waals surface area (Å²) in [6, 6.07) is 41.3. The van der Waals surface area contributed by atoms with Crippen molar-refractivity contribution in [2.75, 3.05) is 0 Å². The molecule has 0 aliphatic heterocycles. The second-order valence-corrected chi connectivity index (χ2v) is 8.33. The Morgan fingerprint density at radius 3 is 1.58 bits per heavy atom. The molecule has 1 nitrogen and oxygen atoms in total. The lowest BCUT2D eigenvalue weighted by Crippen LogP contribution is -2.31. The SMILES string of the molecule is OC(c1ccccc1)(c1ccccc1)[C@@H]1/C(=C\c2ccccc2)[C@H]1Cc1ccccc1. The third kappa shape index (κ3) is 3.85. The summed E-state index contributed by atoms with van der Waals surface area (Å²) in [6.07, 6.45) is 3.20. The summed E-state index contributed by atoms with van der Waals surface area (Å²) in [6.45, 7) is 0. The van der Waals surface area contributed by atoms with Crippen LogP contribution in [-0.2, 0) is 12.0 Å². The Balaban J connectivity index is 1.61. The highest BCUT2D eigenvalue weighted by atomic mass is 16.3. The molecular weight excluding hydrogens is 376 g/mol. The monoisotopic (exact) mass is 402 g/mol. The third-order valence-corrected chi connectivity index (χ3v) is 6.39.